The summed E-state index contributed by atoms with van der Waals surface area (Å²) in [6.07, 6.45) is 5.69. The molecule has 9 heteroatoms. The molecule has 0 aromatic heterocycles. The summed E-state index contributed by atoms with van der Waals surface area (Å²) in [6.45, 7) is 3.07. The molecule has 0 radical (unpaired) electrons. The summed E-state index contributed by atoms with van der Waals surface area (Å²) < 4.78 is 28.0. The number of aliphatic imine (C=N–C) groups is 1. The second-order valence-electron chi connectivity index (χ2n) is 8.82. The third kappa shape index (κ3) is 3.92. The minimum absolute atomic E-state index is 0. The third-order valence-corrected chi connectivity index (χ3v) is 6.98. The second-order valence-corrected chi connectivity index (χ2v) is 8.82. The lowest BCUT2D eigenvalue weighted by molar-refractivity contribution is -0.140. The Morgan fingerprint density at radius 3 is 2.31 bits per heavy atom. The molecule has 3 aliphatic carbocycles. The molecule has 6 atom stereocenters. The number of nitrogens with zero attached hydrogens (tertiary/aromatic N) is 2. The van der Waals surface area contributed by atoms with E-state index in [2.05, 4.69) is 27.8 Å². The van der Waals surface area contributed by atoms with E-state index in [1.165, 1.54) is 23.1 Å². The Kier molecular flexibility index (Phi) is 6.56. The number of nitrogens with one attached hydrogen (secondary N) is 2. The lowest BCUT2D eigenvalue weighted by Crippen LogP contribution is -2.40. The maximum atomic E-state index is 14.0. The fourth-order valence-electron chi connectivity index (χ4n) is 5.48. The van der Waals surface area contributed by atoms with Gasteiger partial charge in [0.25, 0.3) is 0 Å². The molecule has 0 spiro atoms. The van der Waals surface area contributed by atoms with Gasteiger partial charge in [0.15, 0.2) is 5.96 Å². The first kappa shape index (κ1) is 23.1. The van der Waals surface area contributed by atoms with Crippen LogP contribution in [0.5, 0.6) is 0 Å². The van der Waals surface area contributed by atoms with E-state index in [0.29, 0.717) is 18.9 Å². The lowest BCUT2D eigenvalue weighted by Gasteiger charge is -2.17. The van der Waals surface area contributed by atoms with Crippen molar-refractivity contribution in [3.8, 4) is 0 Å². The Bertz CT molecular complexity index is 934. The number of amides is 2. The minimum Gasteiger partial charge on any atom is -0.357 e. The number of hydrogen-bond acceptors (Lipinski definition) is 3. The van der Waals surface area contributed by atoms with Gasteiger partial charge in [-0.2, -0.15) is 0 Å². The monoisotopic (exact) mass is 556 g/mol. The van der Waals surface area contributed by atoms with Crippen LogP contribution in [0.3, 0.4) is 0 Å². The third-order valence-electron chi connectivity index (χ3n) is 6.98. The molecule has 1 aliphatic heterocycles. The van der Waals surface area contributed by atoms with Crippen LogP contribution in [0.25, 0.3) is 0 Å². The number of hydrogen-bond donors (Lipinski definition) is 2. The zero-order valence-electron chi connectivity index (χ0n) is 17.8. The van der Waals surface area contributed by atoms with E-state index < -0.39 is 11.6 Å². The molecular formula is C23H27F2IN4O2. The summed E-state index contributed by atoms with van der Waals surface area (Å²) in [5.74, 6) is -0.917. The van der Waals surface area contributed by atoms with Crippen molar-refractivity contribution in [3.05, 3.63) is 47.5 Å². The fraction of sp³-hybridized carbons (Fsp3) is 0.522. The van der Waals surface area contributed by atoms with Crippen molar-refractivity contribution in [1.82, 2.24) is 15.5 Å². The Morgan fingerprint density at radius 2 is 1.72 bits per heavy atom. The van der Waals surface area contributed by atoms with Gasteiger partial charge < -0.3 is 10.6 Å². The maximum absolute atomic E-state index is 14.0. The van der Waals surface area contributed by atoms with E-state index in [1.54, 1.807) is 0 Å². The van der Waals surface area contributed by atoms with Crippen LogP contribution in [-0.2, 0) is 9.59 Å². The number of halogens is 3. The summed E-state index contributed by atoms with van der Waals surface area (Å²) in [4.78, 5) is 31.4. The van der Waals surface area contributed by atoms with Crippen molar-refractivity contribution >= 4 is 41.8 Å². The number of fused-ring (bicyclic) bond motifs is 5. The Morgan fingerprint density at radius 1 is 1.09 bits per heavy atom. The van der Waals surface area contributed by atoms with E-state index in [0.717, 1.165) is 6.42 Å². The zero-order chi connectivity index (χ0) is 21.7. The van der Waals surface area contributed by atoms with Crippen LogP contribution >= 0.6 is 24.0 Å². The summed E-state index contributed by atoms with van der Waals surface area (Å²) in [6, 6.07) is 3.80. The van der Waals surface area contributed by atoms with E-state index in [4.69, 9.17) is 0 Å². The number of rotatable bonds is 6. The first-order valence-corrected chi connectivity index (χ1v) is 11.0. The van der Waals surface area contributed by atoms with Gasteiger partial charge >= 0.3 is 0 Å². The molecule has 3 fully saturated rings. The average molecular weight is 556 g/mol. The molecular weight excluding hydrogens is 529 g/mol. The number of likely N-dealkylation sites (tertiary alicyclic amines) is 1. The molecule has 1 aromatic rings. The second kappa shape index (κ2) is 9.07. The number of benzene rings is 1. The zero-order valence-corrected chi connectivity index (χ0v) is 20.1. The van der Waals surface area contributed by atoms with Gasteiger partial charge in [-0.3, -0.25) is 19.5 Å². The van der Waals surface area contributed by atoms with Crippen molar-refractivity contribution in [2.24, 2.45) is 28.7 Å². The van der Waals surface area contributed by atoms with E-state index in [-0.39, 0.29) is 90.1 Å². The number of guanidine groups is 1. The smallest absolute Gasteiger partial charge is 0.233 e. The standard InChI is InChI=1S/C23H26F2N4O2.HI/c1-2-26-23(28-17-11-14(17)20-15(24)4-3-5-16(20)25)27-8-9-29-21(30)18-12-6-7-13(10-12)19(18)22(29)31;/h3-7,12-14,17-19H,2,8-11H2,1H3,(H2,26,27,28);1H. The molecule has 1 heterocycles. The fourth-order valence-corrected chi connectivity index (χ4v) is 5.48. The van der Waals surface area contributed by atoms with E-state index in [9.17, 15) is 18.4 Å². The van der Waals surface area contributed by atoms with Crippen molar-refractivity contribution < 1.29 is 18.4 Å². The maximum Gasteiger partial charge on any atom is 0.233 e. The first-order valence-electron chi connectivity index (χ1n) is 11.0. The van der Waals surface area contributed by atoms with Crippen LogP contribution in [0.4, 0.5) is 8.78 Å². The largest absolute Gasteiger partial charge is 0.357 e. The van der Waals surface area contributed by atoms with Crippen LogP contribution in [0.1, 0.15) is 31.2 Å². The number of imide groups is 1. The predicted molar refractivity (Wildman–Crippen MR) is 126 cm³/mol. The lowest BCUT2D eigenvalue weighted by atomic mass is 9.85. The molecule has 172 valence electrons. The number of allylic oxidation sites excluding steroid dienone is 2. The Hall–Kier alpha value is -2.04. The highest BCUT2D eigenvalue weighted by Gasteiger charge is 2.59. The number of carbonyl (C=O) groups excluding carboxylic acids is 2. The summed E-state index contributed by atoms with van der Waals surface area (Å²) >= 11 is 0. The molecule has 2 N–H and O–H groups in total. The van der Waals surface area contributed by atoms with Crippen LogP contribution in [0.2, 0.25) is 0 Å². The molecule has 4 aliphatic rings. The van der Waals surface area contributed by atoms with Gasteiger partial charge in [0.2, 0.25) is 11.8 Å². The van der Waals surface area contributed by atoms with Crippen molar-refractivity contribution in [2.45, 2.75) is 31.7 Å². The predicted octanol–water partition coefficient (Wildman–Crippen LogP) is 2.80. The van der Waals surface area contributed by atoms with Crippen LogP contribution in [0, 0.1) is 35.3 Å². The van der Waals surface area contributed by atoms with Crippen molar-refractivity contribution in [1.29, 1.82) is 0 Å². The Labute approximate surface area is 202 Å². The summed E-state index contributed by atoms with van der Waals surface area (Å²) in [7, 11) is 0. The van der Waals surface area contributed by atoms with E-state index >= 15 is 0 Å². The van der Waals surface area contributed by atoms with Gasteiger partial charge in [0.05, 0.1) is 18.4 Å². The molecule has 5 rings (SSSR count). The van der Waals surface area contributed by atoms with Crippen molar-refractivity contribution in [2.75, 3.05) is 19.6 Å². The van der Waals surface area contributed by atoms with Gasteiger partial charge in [-0.05, 0) is 43.7 Å². The minimum atomic E-state index is -0.531. The van der Waals surface area contributed by atoms with Crippen LogP contribution in [0.15, 0.2) is 35.3 Å². The molecule has 6 nitrogen and oxygen atoms in total. The molecule has 6 unspecified atom stereocenters. The highest BCUT2D eigenvalue weighted by Crippen LogP contribution is 2.52. The topological polar surface area (TPSA) is 73.8 Å². The highest BCUT2D eigenvalue weighted by atomic mass is 127. The Balaban J connectivity index is 0.00000245. The first-order chi connectivity index (χ1) is 15.0. The molecule has 2 amide bonds. The summed E-state index contributed by atoms with van der Waals surface area (Å²) in [5.41, 5.74) is 0.110. The molecule has 2 saturated carbocycles. The van der Waals surface area contributed by atoms with Gasteiger partial charge in [0, 0.05) is 30.6 Å². The molecule has 1 saturated heterocycles. The SMILES string of the molecule is CCNC(=NCCN1C(=O)C2C3C=CC(C3)C2C1=O)NC1CC1c1c(F)cccc1F.I. The molecule has 2 bridgehead atoms. The van der Waals surface area contributed by atoms with Gasteiger partial charge in [-0.15, -0.1) is 24.0 Å². The van der Waals surface area contributed by atoms with Gasteiger partial charge in [-0.25, -0.2) is 8.78 Å². The van der Waals surface area contributed by atoms with Gasteiger partial charge in [0.1, 0.15) is 11.6 Å². The quantitative estimate of drug-likeness (QED) is 0.186. The van der Waals surface area contributed by atoms with E-state index in [1.807, 2.05) is 6.92 Å². The summed E-state index contributed by atoms with van der Waals surface area (Å²) in [5, 5.41) is 6.33. The highest BCUT2D eigenvalue weighted by molar-refractivity contribution is 14.0. The molecule has 32 heavy (non-hydrogen) atoms. The van der Waals surface area contributed by atoms with Gasteiger partial charge in [-0.1, -0.05) is 18.2 Å². The van der Waals surface area contributed by atoms with Crippen LogP contribution < -0.4 is 10.6 Å². The van der Waals surface area contributed by atoms with Crippen molar-refractivity contribution in [3.63, 3.8) is 0 Å². The van der Waals surface area contributed by atoms with Crippen LogP contribution in [-0.4, -0.2) is 48.3 Å². The normalized spacial score (nSPS) is 32.2. The number of carbonyl (C=O) groups is 2. The molecule has 1 aromatic carbocycles. The average Bonchev–Trinajstić information content (AvgIpc) is 3.08.